The lowest BCUT2D eigenvalue weighted by atomic mass is 9.95. The third kappa shape index (κ3) is 5.06. The summed E-state index contributed by atoms with van der Waals surface area (Å²) in [6.07, 6.45) is 2.47. The average Bonchev–Trinajstić information content (AvgIpc) is 2.91. The lowest BCUT2D eigenvalue weighted by molar-refractivity contribution is -0.121. The van der Waals surface area contributed by atoms with Gasteiger partial charge in [0.1, 0.15) is 13.2 Å². The zero-order valence-corrected chi connectivity index (χ0v) is 20.3. The van der Waals surface area contributed by atoms with Crippen LogP contribution in [0.4, 0.5) is 5.69 Å². The molecule has 2 aliphatic rings. The number of ether oxygens (including phenoxy) is 3. The topological polar surface area (TPSA) is 116 Å². The summed E-state index contributed by atoms with van der Waals surface area (Å²) in [7, 11) is 1.52. The molecule has 0 atom stereocenters. The van der Waals surface area contributed by atoms with Crippen molar-refractivity contribution in [3.63, 3.8) is 0 Å². The van der Waals surface area contributed by atoms with Gasteiger partial charge in [0.15, 0.2) is 11.5 Å². The largest absolute Gasteiger partial charge is 0.486 e. The Balaban J connectivity index is 1.19. The molecule has 0 bridgehead atoms. The van der Waals surface area contributed by atoms with Crippen molar-refractivity contribution >= 4 is 28.4 Å². The Morgan fingerprint density at radius 2 is 1.86 bits per heavy atom. The number of methoxy groups -OCH3 is 1. The molecule has 0 aliphatic carbocycles. The number of rotatable bonds is 7. The van der Waals surface area contributed by atoms with Gasteiger partial charge in [-0.3, -0.25) is 9.59 Å². The van der Waals surface area contributed by atoms with Crippen LogP contribution in [0.3, 0.4) is 0 Å². The fourth-order valence-corrected chi connectivity index (χ4v) is 4.81. The van der Waals surface area contributed by atoms with Crippen molar-refractivity contribution < 1.29 is 23.8 Å². The Labute approximate surface area is 209 Å². The van der Waals surface area contributed by atoms with Gasteiger partial charge in [-0.05, 0) is 68.2 Å². The number of nitrogens with zero attached hydrogens (tertiary/aromatic N) is 2. The van der Waals surface area contributed by atoms with Gasteiger partial charge in [0, 0.05) is 29.5 Å². The number of pyridine rings is 1. The summed E-state index contributed by atoms with van der Waals surface area (Å²) in [4.78, 5) is 31.8. The Morgan fingerprint density at radius 3 is 2.61 bits per heavy atom. The summed E-state index contributed by atoms with van der Waals surface area (Å²) in [5.74, 6) is 1.34. The van der Waals surface area contributed by atoms with E-state index in [-0.39, 0.29) is 11.8 Å². The SMILES string of the molecule is COc1ccc2c(C(N)=O)ccc(NC(=O)C3CCN(CCc4ccc5c(c4)OCCO5)CC3)c2n1. The van der Waals surface area contributed by atoms with E-state index in [2.05, 4.69) is 27.3 Å². The van der Waals surface area contributed by atoms with E-state index in [1.54, 1.807) is 24.3 Å². The maximum Gasteiger partial charge on any atom is 0.249 e. The normalized spacial score (nSPS) is 16.0. The first-order valence-electron chi connectivity index (χ1n) is 12.2. The molecule has 5 rings (SSSR count). The van der Waals surface area contributed by atoms with Crippen molar-refractivity contribution in [3.05, 3.63) is 53.6 Å². The van der Waals surface area contributed by atoms with Crippen molar-refractivity contribution in [1.29, 1.82) is 0 Å². The number of carbonyl (C=O) groups excluding carboxylic acids is 2. The predicted molar refractivity (Wildman–Crippen MR) is 136 cm³/mol. The molecule has 0 radical (unpaired) electrons. The van der Waals surface area contributed by atoms with Crippen LogP contribution in [0.5, 0.6) is 17.4 Å². The number of hydrogen-bond acceptors (Lipinski definition) is 7. The zero-order chi connectivity index (χ0) is 25.1. The van der Waals surface area contributed by atoms with Crippen molar-refractivity contribution in [1.82, 2.24) is 9.88 Å². The van der Waals surface area contributed by atoms with Crippen LogP contribution in [-0.2, 0) is 11.2 Å². The highest BCUT2D eigenvalue weighted by Crippen LogP contribution is 2.31. The minimum absolute atomic E-state index is 0.0424. The lowest BCUT2D eigenvalue weighted by Gasteiger charge is -2.31. The molecule has 9 nitrogen and oxygen atoms in total. The van der Waals surface area contributed by atoms with E-state index < -0.39 is 5.91 Å². The number of aromatic nitrogens is 1. The standard InChI is InChI=1S/C27H30N4O5/c1-34-24-7-4-19-20(26(28)32)3-5-21(25(19)30-24)29-27(33)18-9-12-31(13-10-18)11-8-17-2-6-22-23(16-17)36-15-14-35-22/h2-7,16,18H,8-15H2,1H3,(H2,28,32)(H,29,33). The molecular weight excluding hydrogens is 460 g/mol. The van der Waals surface area contributed by atoms with E-state index in [0.717, 1.165) is 50.4 Å². The summed E-state index contributed by atoms with van der Waals surface area (Å²) >= 11 is 0. The van der Waals surface area contributed by atoms with Gasteiger partial charge in [-0.15, -0.1) is 0 Å². The molecule has 0 saturated carbocycles. The number of nitrogens with one attached hydrogen (secondary N) is 1. The predicted octanol–water partition coefficient (Wildman–Crippen LogP) is 3.01. The molecule has 0 unspecified atom stereocenters. The van der Waals surface area contributed by atoms with Crippen molar-refractivity contribution in [2.75, 3.05) is 45.3 Å². The molecule has 2 aromatic carbocycles. The number of fused-ring (bicyclic) bond motifs is 2. The number of anilines is 1. The average molecular weight is 491 g/mol. The molecule has 1 saturated heterocycles. The fourth-order valence-electron chi connectivity index (χ4n) is 4.81. The van der Waals surface area contributed by atoms with Gasteiger partial charge in [-0.2, -0.15) is 0 Å². The van der Waals surface area contributed by atoms with Crippen LogP contribution < -0.4 is 25.3 Å². The zero-order valence-electron chi connectivity index (χ0n) is 20.3. The molecule has 1 aromatic heterocycles. The Bertz CT molecular complexity index is 1290. The highest BCUT2D eigenvalue weighted by atomic mass is 16.6. The summed E-state index contributed by atoms with van der Waals surface area (Å²) in [6, 6.07) is 12.8. The van der Waals surface area contributed by atoms with E-state index in [1.165, 1.54) is 12.7 Å². The summed E-state index contributed by atoms with van der Waals surface area (Å²) in [5, 5.41) is 3.60. The van der Waals surface area contributed by atoms with Crippen molar-refractivity contribution in [2.24, 2.45) is 11.7 Å². The molecule has 3 N–H and O–H groups in total. The molecular formula is C27H30N4O5. The second kappa shape index (κ2) is 10.4. The second-order valence-corrected chi connectivity index (χ2v) is 9.11. The highest BCUT2D eigenvalue weighted by Gasteiger charge is 2.26. The van der Waals surface area contributed by atoms with Gasteiger partial charge < -0.3 is 30.2 Å². The Morgan fingerprint density at radius 1 is 1.08 bits per heavy atom. The summed E-state index contributed by atoms with van der Waals surface area (Å²) in [6.45, 7) is 3.82. The van der Waals surface area contributed by atoms with Crippen LogP contribution in [0.2, 0.25) is 0 Å². The van der Waals surface area contributed by atoms with Gasteiger partial charge in [0.2, 0.25) is 17.7 Å². The minimum atomic E-state index is -0.548. The van der Waals surface area contributed by atoms with E-state index in [1.807, 2.05) is 6.07 Å². The van der Waals surface area contributed by atoms with Crippen LogP contribution in [0, 0.1) is 5.92 Å². The highest BCUT2D eigenvalue weighted by molar-refractivity contribution is 6.10. The van der Waals surface area contributed by atoms with Gasteiger partial charge in [0.25, 0.3) is 0 Å². The number of piperidine rings is 1. The van der Waals surface area contributed by atoms with Gasteiger partial charge in [-0.1, -0.05) is 6.07 Å². The third-order valence-electron chi connectivity index (χ3n) is 6.85. The molecule has 0 spiro atoms. The monoisotopic (exact) mass is 490 g/mol. The number of likely N-dealkylation sites (tertiary alicyclic amines) is 1. The number of carbonyl (C=O) groups is 2. The van der Waals surface area contributed by atoms with Crippen LogP contribution in [-0.4, -0.2) is 61.7 Å². The van der Waals surface area contributed by atoms with E-state index in [9.17, 15) is 9.59 Å². The van der Waals surface area contributed by atoms with Gasteiger partial charge in [0.05, 0.1) is 18.3 Å². The summed E-state index contributed by atoms with van der Waals surface area (Å²) < 4.78 is 16.5. The number of primary amides is 1. The van der Waals surface area contributed by atoms with Crippen molar-refractivity contribution in [2.45, 2.75) is 19.3 Å². The van der Waals surface area contributed by atoms with E-state index in [0.29, 0.717) is 41.2 Å². The number of nitrogens with two attached hydrogens (primary N) is 1. The minimum Gasteiger partial charge on any atom is -0.486 e. The molecule has 9 heteroatoms. The fraction of sp³-hybridized carbons (Fsp3) is 0.370. The molecule has 36 heavy (non-hydrogen) atoms. The third-order valence-corrected chi connectivity index (χ3v) is 6.85. The first-order chi connectivity index (χ1) is 17.5. The first kappa shape index (κ1) is 23.9. The van der Waals surface area contributed by atoms with Crippen molar-refractivity contribution in [3.8, 4) is 17.4 Å². The molecule has 3 heterocycles. The first-order valence-corrected chi connectivity index (χ1v) is 12.2. The molecule has 1 fully saturated rings. The van der Waals surface area contributed by atoms with Gasteiger partial charge in [-0.25, -0.2) is 4.98 Å². The van der Waals surface area contributed by atoms with E-state index in [4.69, 9.17) is 19.9 Å². The van der Waals surface area contributed by atoms with Crippen LogP contribution >= 0.6 is 0 Å². The van der Waals surface area contributed by atoms with E-state index >= 15 is 0 Å². The maximum atomic E-state index is 13.1. The molecule has 2 aliphatic heterocycles. The molecule has 2 amide bonds. The number of hydrogen-bond donors (Lipinski definition) is 2. The lowest BCUT2D eigenvalue weighted by Crippen LogP contribution is -2.39. The van der Waals surface area contributed by atoms with Gasteiger partial charge >= 0.3 is 0 Å². The number of benzene rings is 2. The molecule has 188 valence electrons. The summed E-state index contributed by atoms with van der Waals surface area (Å²) in [5.41, 5.74) is 8.11. The molecule has 3 aromatic rings. The van der Waals surface area contributed by atoms with Crippen LogP contribution in [0.15, 0.2) is 42.5 Å². The maximum absolute atomic E-state index is 13.1. The smallest absolute Gasteiger partial charge is 0.249 e. The van der Waals surface area contributed by atoms with Crippen LogP contribution in [0.25, 0.3) is 10.9 Å². The van der Waals surface area contributed by atoms with Crippen LogP contribution in [0.1, 0.15) is 28.8 Å². The quantitative estimate of drug-likeness (QED) is 0.523. The Kier molecular flexibility index (Phi) is 6.90. The number of amides is 2. The second-order valence-electron chi connectivity index (χ2n) is 9.11. The Hall–Kier alpha value is -3.85.